The van der Waals surface area contributed by atoms with E-state index in [9.17, 15) is 0 Å². The van der Waals surface area contributed by atoms with E-state index in [0.717, 1.165) is 25.6 Å². The molecule has 2 heteroatoms. The second-order valence-corrected chi connectivity index (χ2v) is 3.58. The van der Waals surface area contributed by atoms with Crippen molar-refractivity contribution in [2.45, 2.75) is 19.4 Å². The number of ether oxygens (including phenoxy) is 1. The summed E-state index contributed by atoms with van der Waals surface area (Å²) in [6.07, 6.45) is 1.77. The average molecular weight is 165 g/mol. The summed E-state index contributed by atoms with van der Waals surface area (Å²) < 4.78 is 5.60. The number of fused-ring (bicyclic) bond motifs is 1. The summed E-state index contributed by atoms with van der Waals surface area (Å²) in [7, 11) is 0. The predicted molar refractivity (Wildman–Crippen MR) is 47.7 cm³/mol. The van der Waals surface area contributed by atoms with Crippen molar-refractivity contribution in [2.75, 3.05) is 26.2 Å². The van der Waals surface area contributed by atoms with Crippen LogP contribution in [0.2, 0.25) is 0 Å². The van der Waals surface area contributed by atoms with Gasteiger partial charge in [0.05, 0.1) is 12.6 Å². The molecule has 2 rings (SSSR count). The van der Waals surface area contributed by atoms with Gasteiger partial charge in [-0.15, -0.1) is 5.92 Å². The Hall–Kier alpha value is -0.520. The van der Waals surface area contributed by atoms with Gasteiger partial charge in [-0.3, -0.25) is 4.90 Å². The van der Waals surface area contributed by atoms with Crippen molar-refractivity contribution in [2.24, 2.45) is 5.92 Å². The first-order chi connectivity index (χ1) is 5.90. The van der Waals surface area contributed by atoms with E-state index in [2.05, 4.69) is 16.7 Å². The summed E-state index contributed by atoms with van der Waals surface area (Å²) in [6.45, 7) is 6.08. The Kier molecular flexibility index (Phi) is 2.34. The summed E-state index contributed by atoms with van der Waals surface area (Å²) in [5.41, 5.74) is 0. The molecule has 2 atom stereocenters. The highest BCUT2D eigenvalue weighted by Crippen LogP contribution is 2.28. The molecule has 0 amide bonds. The summed E-state index contributed by atoms with van der Waals surface area (Å²) in [6, 6.07) is 0. The molecule has 2 nitrogen and oxygen atoms in total. The standard InChI is InChI=1S/C10H15NO/c1-2-3-5-11-7-9-4-6-12-10(9)8-11/h9-10H,4-8H2,1H3. The second kappa shape index (κ2) is 3.47. The van der Waals surface area contributed by atoms with E-state index in [-0.39, 0.29) is 0 Å². The van der Waals surface area contributed by atoms with Gasteiger partial charge in [0.25, 0.3) is 0 Å². The lowest BCUT2D eigenvalue weighted by atomic mass is 10.1. The van der Waals surface area contributed by atoms with Gasteiger partial charge in [0, 0.05) is 25.6 Å². The van der Waals surface area contributed by atoms with Crippen molar-refractivity contribution < 1.29 is 4.74 Å². The summed E-state index contributed by atoms with van der Waals surface area (Å²) in [4.78, 5) is 2.39. The largest absolute Gasteiger partial charge is 0.377 e. The van der Waals surface area contributed by atoms with Crippen molar-refractivity contribution in [3.8, 4) is 11.8 Å². The Morgan fingerprint density at radius 1 is 1.50 bits per heavy atom. The summed E-state index contributed by atoms with van der Waals surface area (Å²) in [5, 5.41) is 0. The van der Waals surface area contributed by atoms with Crippen molar-refractivity contribution in [3.05, 3.63) is 0 Å². The predicted octanol–water partition coefficient (Wildman–Crippen LogP) is 0.730. The normalized spacial score (nSPS) is 34.4. The zero-order valence-electron chi connectivity index (χ0n) is 7.55. The molecule has 2 saturated heterocycles. The molecular formula is C10H15NO. The Morgan fingerprint density at radius 3 is 3.17 bits per heavy atom. The highest BCUT2D eigenvalue weighted by atomic mass is 16.5. The van der Waals surface area contributed by atoms with Crippen LogP contribution in [-0.2, 0) is 4.74 Å². The van der Waals surface area contributed by atoms with Gasteiger partial charge >= 0.3 is 0 Å². The molecule has 2 heterocycles. The van der Waals surface area contributed by atoms with Crippen LogP contribution in [0, 0.1) is 17.8 Å². The minimum Gasteiger partial charge on any atom is -0.377 e. The van der Waals surface area contributed by atoms with Crippen LogP contribution in [0.15, 0.2) is 0 Å². The lowest BCUT2D eigenvalue weighted by Gasteiger charge is -2.11. The van der Waals surface area contributed by atoms with Crippen molar-refractivity contribution in [3.63, 3.8) is 0 Å². The van der Waals surface area contributed by atoms with Crippen LogP contribution in [0.1, 0.15) is 13.3 Å². The fourth-order valence-electron chi connectivity index (χ4n) is 2.08. The monoisotopic (exact) mass is 165 g/mol. The first-order valence-corrected chi connectivity index (χ1v) is 4.63. The number of hydrogen-bond donors (Lipinski definition) is 0. The molecule has 0 aromatic carbocycles. The van der Waals surface area contributed by atoms with E-state index >= 15 is 0 Å². The number of likely N-dealkylation sites (tertiary alicyclic amines) is 1. The van der Waals surface area contributed by atoms with Crippen LogP contribution >= 0.6 is 0 Å². The maximum absolute atomic E-state index is 5.60. The Morgan fingerprint density at radius 2 is 2.42 bits per heavy atom. The molecule has 0 aromatic rings. The lowest BCUT2D eigenvalue weighted by Crippen LogP contribution is -2.23. The van der Waals surface area contributed by atoms with E-state index in [1.54, 1.807) is 0 Å². The van der Waals surface area contributed by atoms with Gasteiger partial charge in [-0.1, -0.05) is 5.92 Å². The molecule has 0 aromatic heterocycles. The Bertz CT molecular complexity index is 204. The first-order valence-electron chi connectivity index (χ1n) is 4.63. The van der Waals surface area contributed by atoms with E-state index in [1.807, 2.05) is 6.92 Å². The smallest absolute Gasteiger partial charge is 0.0743 e. The minimum atomic E-state index is 0.517. The molecule has 0 bridgehead atoms. The molecular weight excluding hydrogens is 150 g/mol. The van der Waals surface area contributed by atoms with Crippen LogP contribution in [0.3, 0.4) is 0 Å². The molecule has 66 valence electrons. The first kappa shape index (κ1) is 8.10. The Balaban J connectivity index is 1.85. The van der Waals surface area contributed by atoms with Crippen LogP contribution in [-0.4, -0.2) is 37.2 Å². The molecule has 2 fully saturated rings. The molecule has 2 aliphatic rings. The second-order valence-electron chi connectivity index (χ2n) is 3.58. The topological polar surface area (TPSA) is 12.5 Å². The number of nitrogens with zero attached hydrogens (tertiary/aromatic N) is 1. The average Bonchev–Trinajstić information content (AvgIpc) is 2.58. The van der Waals surface area contributed by atoms with Crippen molar-refractivity contribution >= 4 is 0 Å². The highest BCUT2D eigenvalue weighted by Gasteiger charge is 2.36. The van der Waals surface area contributed by atoms with Gasteiger partial charge in [-0.25, -0.2) is 0 Å². The molecule has 0 aliphatic carbocycles. The fourth-order valence-corrected chi connectivity index (χ4v) is 2.08. The van der Waals surface area contributed by atoms with Crippen molar-refractivity contribution in [1.82, 2.24) is 4.90 Å². The molecule has 12 heavy (non-hydrogen) atoms. The van der Waals surface area contributed by atoms with E-state index in [0.29, 0.717) is 6.10 Å². The zero-order chi connectivity index (χ0) is 8.39. The molecule has 0 saturated carbocycles. The van der Waals surface area contributed by atoms with Gasteiger partial charge in [0.1, 0.15) is 0 Å². The van der Waals surface area contributed by atoms with Crippen LogP contribution in [0.5, 0.6) is 0 Å². The van der Waals surface area contributed by atoms with Gasteiger partial charge in [0.2, 0.25) is 0 Å². The van der Waals surface area contributed by atoms with Crippen LogP contribution in [0.4, 0.5) is 0 Å². The fraction of sp³-hybridized carbons (Fsp3) is 0.800. The molecule has 0 spiro atoms. The quantitative estimate of drug-likeness (QED) is 0.531. The third-order valence-corrected chi connectivity index (χ3v) is 2.76. The van der Waals surface area contributed by atoms with Gasteiger partial charge in [0.15, 0.2) is 0 Å². The molecule has 2 unspecified atom stereocenters. The maximum atomic E-state index is 5.60. The Labute approximate surface area is 73.9 Å². The number of rotatable bonds is 1. The van der Waals surface area contributed by atoms with Crippen molar-refractivity contribution in [1.29, 1.82) is 0 Å². The van der Waals surface area contributed by atoms with Gasteiger partial charge in [-0.05, 0) is 13.3 Å². The molecule has 2 aliphatic heterocycles. The van der Waals surface area contributed by atoms with Gasteiger partial charge in [-0.2, -0.15) is 0 Å². The third-order valence-electron chi connectivity index (χ3n) is 2.76. The highest BCUT2D eigenvalue weighted by molar-refractivity contribution is 5.00. The third kappa shape index (κ3) is 1.48. The number of hydrogen-bond acceptors (Lipinski definition) is 2. The van der Waals surface area contributed by atoms with Crippen LogP contribution < -0.4 is 0 Å². The maximum Gasteiger partial charge on any atom is 0.0743 e. The van der Waals surface area contributed by atoms with Gasteiger partial charge < -0.3 is 4.74 Å². The molecule has 0 radical (unpaired) electrons. The van der Waals surface area contributed by atoms with E-state index < -0.39 is 0 Å². The summed E-state index contributed by atoms with van der Waals surface area (Å²) in [5.74, 6) is 6.82. The summed E-state index contributed by atoms with van der Waals surface area (Å²) >= 11 is 0. The lowest BCUT2D eigenvalue weighted by molar-refractivity contribution is 0.101. The van der Waals surface area contributed by atoms with Crippen LogP contribution in [0.25, 0.3) is 0 Å². The SMILES string of the molecule is CC#CCN1CC2CCOC2C1. The van der Waals surface area contributed by atoms with E-state index in [4.69, 9.17) is 4.74 Å². The zero-order valence-corrected chi connectivity index (χ0v) is 7.55. The molecule has 0 N–H and O–H groups in total. The van der Waals surface area contributed by atoms with E-state index in [1.165, 1.54) is 13.0 Å². The minimum absolute atomic E-state index is 0.517.